The van der Waals surface area contributed by atoms with E-state index in [1.54, 1.807) is 13.2 Å². The number of ether oxygens (including phenoxy) is 1. The molecule has 1 aromatic heterocycles. The van der Waals surface area contributed by atoms with Crippen molar-refractivity contribution in [2.45, 2.75) is 18.9 Å². The third kappa shape index (κ3) is 3.15. The summed E-state index contributed by atoms with van der Waals surface area (Å²) in [4.78, 5) is 17.8. The first-order valence-electron chi connectivity index (χ1n) is 7.09. The molecule has 0 atom stereocenters. The number of piperidine rings is 1. The third-order valence-corrected chi connectivity index (χ3v) is 4.10. The Bertz CT molecular complexity index is 669. The van der Waals surface area contributed by atoms with Crippen molar-refractivity contribution in [2.24, 2.45) is 0 Å². The Morgan fingerprint density at radius 1 is 1.32 bits per heavy atom. The van der Waals surface area contributed by atoms with Crippen LogP contribution in [0.2, 0.25) is 0 Å². The van der Waals surface area contributed by atoms with E-state index in [-0.39, 0.29) is 12.4 Å². The third-order valence-electron chi connectivity index (χ3n) is 4.10. The molecule has 118 valence electrons. The molecule has 0 radical (unpaired) electrons. The second kappa shape index (κ2) is 6.94. The van der Waals surface area contributed by atoms with Crippen LogP contribution in [0.3, 0.4) is 0 Å². The zero-order chi connectivity index (χ0) is 14.8. The van der Waals surface area contributed by atoms with Gasteiger partial charge in [0.25, 0.3) is 0 Å². The summed E-state index contributed by atoms with van der Waals surface area (Å²) in [5.74, 6) is -0.919. The molecule has 0 amide bonds. The van der Waals surface area contributed by atoms with E-state index in [2.05, 4.69) is 9.88 Å². The maximum absolute atomic E-state index is 11.3. The number of pyridine rings is 1. The minimum atomic E-state index is -0.919. The van der Waals surface area contributed by atoms with Crippen molar-refractivity contribution in [1.29, 1.82) is 0 Å². The monoisotopic (exact) mass is 322 g/mol. The van der Waals surface area contributed by atoms with Gasteiger partial charge in [-0.25, -0.2) is 4.79 Å². The van der Waals surface area contributed by atoms with Crippen molar-refractivity contribution in [3.63, 3.8) is 0 Å². The number of hydrogen-bond donors (Lipinski definition) is 1. The number of nitrogens with zero attached hydrogens (tertiary/aromatic N) is 2. The van der Waals surface area contributed by atoms with Crippen LogP contribution in [0.25, 0.3) is 10.9 Å². The van der Waals surface area contributed by atoms with E-state index >= 15 is 0 Å². The van der Waals surface area contributed by atoms with E-state index in [1.807, 2.05) is 18.2 Å². The molecule has 3 rings (SSSR count). The Labute approximate surface area is 135 Å². The normalized spacial score (nSPS) is 15.6. The molecule has 0 saturated carbocycles. The number of carbonyl (C=O) groups is 1. The first-order valence-corrected chi connectivity index (χ1v) is 7.09. The van der Waals surface area contributed by atoms with Crippen molar-refractivity contribution in [3.8, 4) is 0 Å². The Morgan fingerprint density at radius 2 is 2.05 bits per heavy atom. The Morgan fingerprint density at radius 3 is 2.68 bits per heavy atom. The predicted octanol–water partition coefficient (Wildman–Crippen LogP) is 2.97. The van der Waals surface area contributed by atoms with Crippen LogP contribution in [0.4, 0.5) is 5.69 Å². The van der Waals surface area contributed by atoms with Gasteiger partial charge in [-0.05, 0) is 37.1 Å². The highest BCUT2D eigenvalue weighted by atomic mass is 35.5. The Hall–Kier alpha value is -1.85. The van der Waals surface area contributed by atoms with Gasteiger partial charge in [-0.3, -0.25) is 4.98 Å². The van der Waals surface area contributed by atoms with Crippen molar-refractivity contribution >= 4 is 35.0 Å². The van der Waals surface area contributed by atoms with Crippen molar-refractivity contribution in [1.82, 2.24) is 4.98 Å². The molecule has 22 heavy (non-hydrogen) atoms. The first kappa shape index (κ1) is 16.5. The van der Waals surface area contributed by atoms with Crippen LogP contribution in [0, 0.1) is 0 Å². The molecule has 5 nitrogen and oxygen atoms in total. The van der Waals surface area contributed by atoms with Crippen molar-refractivity contribution in [3.05, 3.63) is 36.0 Å². The molecule has 6 heteroatoms. The summed E-state index contributed by atoms with van der Waals surface area (Å²) in [5.41, 5.74) is 2.06. The second-order valence-electron chi connectivity index (χ2n) is 5.29. The minimum absolute atomic E-state index is 0. The molecule has 1 fully saturated rings. The Balaban J connectivity index is 0.00000176. The summed E-state index contributed by atoms with van der Waals surface area (Å²) >= 11 is 0. The lowest BCUT2D eigenvalue weighted by atomic mass is 10.0. The molecular weight excluding hydrogens is 304 g/mol. The highest BCUT2D eigenvalue weighted by molar-refractivity contribution is 6.03. The SMILES string of the molecule is COC1CCN(c2ccc3nccc(C(=O)O)c3c2)CC1.Cl. The quantitative estimate of drug-likeness (QED) is 0.941. The van der Waals surface area contributed by atoms with E-state index in [0.29, 0.717) is 22.6 Å². The maximum Gasteiger partial charge on any atom is 0.336 e. The van der Waals surface area contributed by atoms with Crippen LogP contribution in [0.5, 0.6) is 0 Å². The fourth-order valence-corrected chi connectivity index (χ4v) is 2.87. The maximum atomic E-state index is 11.3. The lowest BCUT2D eigenvalue weighted by Crippen LogP contribution is -2.36. The lowest BCUT2D eigenvalue weighted by molar-refractivity contribution is 0.0699. The molecular formula is C16H19ClN2O3. The fraction of sp³-hybridized carbons (Fsp3) is 0.375. The van der Waals surface area contributed by atoms with Gasteiger partial charge in [0.15, 0.2) is 0 Å². The number of benzene rings is 1. The summed E-state index contributed by atoms with van der Waals surface area (Å²) < 4.78 is 5.38. The van der Waals surface area contributed by atoms with Gasteiger partial charge in [-0.2, -0.15) is 0 Å². The number of carboxylic acids is 1. The summed E-state index contributed by atoms with van der Waals surface area (Å²) in [6.45, 7) is 1.85. The van der Waals surface area contributed by atoms with Gasteiger partial charge in [-0.15, -0.1) is 12.4 Å². The van der Waals surface area contributed by atoms with E-state index in [0.717, 1.165) is 31.6 Å². The van der Waals surface area contributed by atoms with E-state index in [1.165, 1.54) is 6.20 Å². The van der Waals surface area contributed by atoms with Gasteiger partial charge in [0.05, 0.1) is 17.2 Å². The van der Waals surface area contributed by atoms with E-state index < -0.39 is 5.97 Å². The number of aromatic carboxylic acids is 1. The van der Waals surface area contributed by atoms with Crippen molar-refractivity contribution in [2.75, 3.05) is 25.1 Å². The van der Waals surface area contributed by atoms with Crippen LogP contribution < -0.4 is 4.90 Å². The highest BCUT2D eigenvalue weighted by Gasteiger charge is 2.19. The number of fused-ring (bicyclic) bond motifs is 1. The number of carboxylic acid groups (broad SMARTS) is 1. The van der Waals surface area contributed by atoms with Crippen LogP contribution in [0.15, 0.2) is 30.5 Å². The van der Waals surface area contributed by atoms with Gasteiger partial charge in [-0.1, -0.05) is 0 Å². The number of rotatable bonds is 3. The Kier molecular flexibility index (Phi) is 5.21. The van der Waals surface area contributed by atoms with Crippen LogP contribution in [-0.4, -0.2) is 42.4 Å². The van der Waals surface area contributed by atoms with Gasteiger partial charge in [0.2, 0.25) is 0 Å². The predicted molar refractivity (Wildman–Crippen MR) is 88.2 cm³/mol. The topological polar surface area (TPSA) is 62.7 Å². The van der Waals surface area contributed by atoms with Crippen molar-refractivity contribution < 1.29 is 14.6 Å². The lowest BCUT2D eigenvalue weighted by Gasteiger charge is -2.33. The summed E-state index contributed by atoms with van der Waals surface area (Å²) in [5, 5.41) is 9.98. The summed E-state index contributed by atoms with van der Waals surface area (Å²) in [6, 6.07) is 7.37. The average Bonchev–Trinajstić information content (AvgIpc) is 2.53. The molecule has 1 saturated heterocycles. The van der Waals surface area contributed by atoms with Crippen LogP contribution in [0.1, 0.15) is 23.2 Å². The van der Waals surface area contributed by atoms with E-state index in [4.69, 9.17) is 4.74 Å². The first-order chi connectivity index (χ1) is 10.2. The van der Waals surface area contributed by atoms with Gasteiger partial charge in [0, 0.05) is 37.5 Å². The zero-order valence-electron chi connectivity index (χ0n) is 12.4. The second-order valence-corrected chi connectivity index (χ2v) is 5.29. The highest BCUT2D eigenvalue weighted by Crippen LogP contribution is 2.26. The molecule has 1 aliphatic rings. The summed E-state index contributed by atoms with van der Waals surface area (Å²) in [6.07, 6.45) is 3.86. The van der Waals surface area contributed by atoms with Gasteiger partial charge < -0.3 is 14.7 Å². The molecule has 2 aromatic rings. The molecule has 1 aliphatic heterocycles. The minimum Gasteiger partial charge on any atom is -0.478 e. The van der Waals surface area contributed by atoms with Crippen LogP contribution >= 0.6 is 12.4 Å². The number of aromatic nitrogens is 1. The standard InChI is InChI=1S/C16H18N2O3.ClH/c1-21-12-5-8-18(9-6-12)11-2-3-15-14(10-11)13(16(19)20)4-7-17-15;/h2-4,7,10,12H,5-6,8-9H2,1H3,(H,19,20);1H. The average molecular weight is 323 g/mol. The molecule has 1 N–H and O–H groups in total. The number of anilines is 1. The van der Waals surface area contributed by atoms with Gasteiger partial charge in [0.1, 0.15) is 0 Å². The molecule has 0 aliphatic carbocycles. The molecule has 0 spiro atoms. The smallest absolute Gasteiger partial charge is 0.336 e. The number of halogens is 1. The molecule has 0 bridgehead atoms. The zero-order valence-corrected chi connectivity index (χ0v) is 13.2. The molecule has 0 unspecified atom stereocenters. The van der Waals surface area contributed by atoms with Crippen LogP contribution in [-0.2, 0) is 4.74 Å². The largest absolute Gasteiger partial charge is 0.478 e. The molecule has 1 aromatic carbocycles. The number of methoxy groups -OCH3 is 1. The summed E-state index contributed by atoms with van der Waals surface area (Å²) in [7, 11) is 1.75. The molecule has 2 heterocycles. The fourth-order valence-electron chi connectivity index (χ4n) is 2.87. The number of hydrogen-bond acceptors (Lipinski definition) is 4. The van der Waals surface area contributed by atoms with E-state index in [9.17, 15) is 9.90 Å². The van der Waals surface area contributed by atoms with Gasteiger partial charge >= 0.3 is 5.97 Å².